The van der Waals surface area contributed by atoms with Crippen molar-refractivity contribution in [3.8, 4) is 0 Å². The van der Waals surface area contributed by atoms with Crippen molar-refractivity contribution in [2.75, 3.05) is 40.0 Å². The molecule has 7 heteroatoms. The first-order valence-electron chi connectivity index (χ1n) is 16.1. The van der Waals surface area contributed by atoms with E-state index in [4.69, 9.17) is 23.7 Å². The van der Waals surface area contributed by atoms with Gasteiger partial charge in [0.25, 0.3) is 0 Å². The summed E-state index contributed by atoms with van der Waals surface area (Å²) in [5.41, 5.74) is 3.91. The van der Waals surface area contributed by atoms with Crippen molar-refractivity contribution in [1.29, 1.82) is 0 Å². The number of fused-ring (bicyclic) bond motifs is 1. The Labute approximate surface area is 273 Å². The van der Waals surface area contributed by atoms with E-state index in [1.54, 1.807) is 12.0 Å². The zero-order valence-corrected chi connectivity index (χ0v) is 27.5. The summed E-state index contributed by atoms with van der Waals surface area (Å²) in [5.74, 6) is 0.0529. The van der Waals surface area contributed by atoms with Crippen LogP contribution in [0.2, 0.25) is 0 Å². The SMILES string of the molecule is COCC1CN(C(=O)OC(C)(C)C)CC(OCc2ccc3ccccc3c2)C1c1ccc(COCCOCc2ccccc2)cc1. The largest absolute Gasteiger partial charge is 0.444 e. The van der Waals surface area contributed by atoms with E-state index in [-0.39, 0.29) is 24.0 Å². The van der Waals surface area contributed by atoms with E-state index in [1.165, 1.54) is 10.8 Å². The summed E-state index contributed by atoms with van der Waals surface area (Å²) in [5, 5.41) is 2.37. The van der Waals surface area contributed by atoms with E-state index in [0.29, 0.717) is 52.7 Å². The van der Waals surface area contributed by atoms with Gasteiger partial charge in [-0.1, -0.05) is 91.0 Å². The summed E-state index contributed by atoms with van der Waals surface area (Å²) in [6, 6.07) is 33.4. The number of ether oxygens (including phenoxy) is 5. The molecule has 3 atom stereocenters. The highest BCUT2D eigenvalue weighted by Crippen LogP contribution is 2.37. The number of likely N-dealkylation sites (tertiary alicyclic amines) is 1. The standard InChI is InChI=1S/C39H47NO6/c1-39(2,3)46-38(41)40-23-35(28-42-4)37(36(24-40)45-27-31-16-17-32-12-8-9-13-34(32)22-31)33-18-14-30(15-19-33)26-44-21-20-43-25-29-10-6-5-7-11-29/h5-19,22,35-37H,20-21,23-28H2,1-4H3. The van der Waals surface area contributed by atoms with Crippen LogP contribution in [-0.4, -0.2) is 62.7 Å². The maximum absolute atomic E-state index is 13.2. The summed E-state index contributed by atoms with van der Waals surface area (Å²) < 4.78 is 29.8. The molecule has 0 N–H and O–H groups in total. The number of benzene rings is 4. The second-order valence-corrected chi connectivity index (χ2v) is 13.0. The molecule has 1 aliphatic heterocycles. The van der Waals surface area contributed by atoms with Crippen molar-refractivity contribution < 1.29 is 28.5 Å². The van der Waals surface area contributed by atoms with Crippen LogP contribution in [0.5, 0.6) is 0 Å². The third-order valence-corrected chi connectivity index (χ3v) is 8.19. The van der Waals surface area contributed by atoms with Crippen LogP contribution in [0.4, 0.5) is 4.79 Å². The van der Waals surface area contributed by atoms with Crippen molar-refractivity contribution in [1.82, 2.24) is 4.90 Å². The molecule has 0 spiro atoms. The average Bonchev–Trinajstić information content (AvgIpc) is 3.05. The van der Waals surface area contributed by atoms with E-state index >= 15 is 0 Å². The molecule has 0 radical (unpaired) electrons. The topological polar surface area (TPSA) is 66.5 Å². The molecular formula is C39H47NO6. The Morgan fingerprint density at radius 3 is 2.04 bits per heavy atom. The molecule has 0 aromatic heterocycles. The van der Waals surface area contributed by atoms with E-state index in [2.05, 4.69) is 66.7 Å². The van der Waals surface area contributed by atoms with E-state index < -0.39 is 5.60 Å². The number of amides is 1. The molecule has 0 saturated carbocycles. The molecule has 5 rings (SSSR count). The molecule has 1 saturated heterocycles. The Bertz CT molecular complexity index is 1520. The van der Waals surface area contributed by atoms with Crippen LogP contribution < -0.4 is 0 Å². The normalized spacial score (nSPS) is 18.5. The van der Waals surface area contributed by atoms with Gasteiger partial charge in [0.2, 0.25) is 0 Å². The molecule has 0 bridgehead atoms. The average molecular weight is 626 g/mol. The molecule has 1 heterocycles. The van der Waals surface area contributed by atoms with Crippen LogP contribution in [0.25, 0.3) is 10.8 Å². The number of methoxy groups -OCH3 is 1. The lowest BCUT2D eigenvalue weighted by molar-refractivity contribution is -0.0629. The second-order valence-electron chi connectivity index (χ2n) is 13.0. The first kappa shape index (κ1) is 33.6. The van der Waals surface area contributed by atoms with Crippen LogP contribution in [0.3, 0.4) is 0 Å². The fourth-order valence-electron chi connectivity index (χ4n) is 6.03. The van der Waals surface area contributed by atoms with Crippen LogP contribution in [0, 0.1) is 5.92 Å². The molecule has 0 aliphatic carbocycles. The monoisotopic (exact) mass is 625 g/mol. The van der Waals surface area contributed by atoms with Crippen molar-refractivity contribution in [3.63, 3.8) is 0 Å². The number of rotatable bonds is 13. The zero-order chi connectivity index (χ0) is 32.4. The maximum Gasteiger partial charge on any atom is 0.410 e. The van der Waals surface area contributed by atoms with Crippen LogP contribution in [0.15, 0.2) is 97.1 Å². The highest BCUT2D eigenvalue weighted by Gasteiger charge is 2.41. The van der Waals surface area contributed by atoms with E-state index in [0.717, 1.165) is 22.3 Å². The number of hydrogen-bond acceptors (Lipinski definition) is 6. The Hall–Kier alpha value is -3.75. The minimum absolute atomic E-state index is 0.0248. The van der Waals surface area contributed by atoms with Crippen molar-refractivity contribution in [3.05, 3.63) is 119 Å². The summed E-state index contributed by atoms with van der Waals surface area (Å²) in [4.78, 5) is 15.0. The second kappa shape index (κ2) is 16.2. The van der Waals surface area contributed by atoms with Gasteiger partial charge in [0.15, 0.2) is 0 Å². The first-order chi connectivity index (χ1) is 22.3. The highest BCUT2D eigenvalue weighted by atomic mass is 16.6. The van der Waals surface area contributed by atoms with Gasteiger partial charge >= 0.3 is 6.09 Å². The van der Waals surface area contributed by atoms with Crippen LogP contribution >= 0.6 is 0 Å². The molecule has 7 nitrogen and oxygen atoms in total. The number of hydrogen-bond donors (Lipinski definition) is 0. The molecule has 244 valence electrons. The molecular weight excluding hydrogens is 578 g/mol. The third-order valence-electron chi connectivity index (χ3n) is 8.19. The van der Waals surface area contributed by atoms with Gasteiger partial charge < -0.3 is 28.6 Å². The van der Waals surface area contributed by atoms with Gasteiger partial charge in [-0.2, -0.15) is 0 Å². The summed E-state index contributed by atoms with van der Waals surface area (Å²) in [6.07, 6.45) is -0.580. The predicted octanol–water partition coefficient (Wildman–Crippen LogP) is 7.76. The van der Waals surface area contributed by atoms with E-state index in [9.17, 15) is 4.79 Å². The molecule has 3 unspecified atom stereocenters. The highest BCUT2D eigenvalue weighted by molar-refractivity contribution is 5.82. The van der Waals surface area contributed by atoms with Gasteiger partial charge in [-0.05, 0) is 59.9 Å². The van der Waals surface area contributed by atoms with Crippen LogP contribution in [-0.2, 0) is 43.5 Å². The van der Waals surface area contributed by atoms with E-state index in [1.807, 2.05) is 51.1 Å². The number of carbonyl (C=O) groups is 1. The first-order valence-corrected chi connectivity index (χ1v) is 16.1. The van der Waals surface area contributed by atoms with Gasteiger partial charge in [0, 0.05) is 25.5 Å². The molecule has 4 aromatic rings. The van der Waals surface area contributed by atoms with Gasteiger partial charge in [-0.25, -0.2) is 4.79 Å². The molecule has 46 heavy (non-hydrogen) atoms. The van der Waals surface area contributed by atoms with Crippen molar-refractivity contribution in [2.24, 2.45) is 5.92 Å². The minimum atomic E-state index is -0.585. The Morgan fingerprint density at radius 1 is 0.739 bits per heavy atom. The fourth-order valence-corrected chi connectivity index (χ4v) is 6.03. The number of nitrogens with zero attached hydrogens (tertiary/aromatic N) is 1. The third kappa shape index (κ3) is 9.63. The number of carbonyl (C=O) groups excluding carboxylic acids is 1. The molecule has 1 fully saturated rings. The fraction of sp³-hybridized carbons (Fsp3) is 0.410. The minimum Gasteiger partial charge on any atom is -0.444 e. The molecule has 1 aliphatic rings. The van der Waals surface area contributed by atoms with Crippen molar-refractivity contribution >= 4 is 16.9 Å². The number of piperidine rings is 1. The predicted molar refractivity (Wildman–Crippen MR) is 181 cm³/mol. The van der Waals surface area contributed by atoms with Gasteiger partial charge in [-0.3, -0.25) is 0 Å². The lowest BCUT2D eigenvalue weighted by Crippen LogP contribution is -2.53. The summed E-state index contributed by atoms with van der Waals surface area (Å²) in [7, 11) is 1.71. The van der Waals surface area contributed by atoms with Crippen molar-refractivity contribution in [2.45, 2.75) is 58.2 Å². The molecule has 4 aromatic carbocycles. The molecule has 1 amide bonds. The summed E-state index contributed by atoms with van der Waals surface area (Å²) >= 11 is 0. The lowest BCUT2D eigenvalue weighted by atomic mass is 9.78. The lowest BCUT2D eigenvalue weighted by Gasteiger charge is -2.44. The van der Waals surface area contributed by atoms with Gasteiger partial charge in [-0.15, -0.1) is 0 Å². The smallest absolute Gasteiger partial charge is 0.410 e. The Kier molecular flexibility index (Phi) is 11.8. The van der Waals surface area contributed by atoms with Crippen LogP contribution in [0.1, 0.15) is 48.9 Å². The maximum atomic E-state index is 13.2. The Balaban J connectivity index is 1.26. The zero-order valence-electron chi connectivity index (χ0n) is 27.5. The van der Waals surface area contributed by atoms with Gasteiger partial charge in [0.05, 0.1) is 52.3 Å². The quantitative estimate of drug-likeness (QED) is 0.142. The van der Waals surface area contributed by atoms with Gasteiger partial charge in [0.1, 0.15) is 5.60 Å². The Morgan fingerprint density at radius 2 is 1.37 bits per heavy atom. The summed E-state index contributed by atoms with van der Waals surface area (Å²) in [6.45, 7) is 9.71.